The molecule has 0 radical (unpaired) electrons. The Morgan fingerprint density at radius 2 is 2.21 bits per heavy atom. The van der Waals surface area contributed by atoms with Crippen LogP contribution in [0.5, 0.6) is 0 Å². The second kappa shape index (κ2) is 5.97. The van der Waals surface area contributed by atoms with Gasteiger partial charge in [-0.25, -0.2) is 0 Å². The number of Topliss-reactive ketones (excluding diaryl/α,β-unsaturated/α-hetero) is 1. The van der Waals surface area contributed by atoms with Crippen LogP contribution in [0.3, 0.4) is 0 Å². The van der Waals surface area contributed by atoms with Crippen LogP contribution in [0.2, 0.25) is 5.02 Å². The summed E-state index contributed by atoms with van der Waals surface area (Å²) in [5.74, 6) is -0.688. The van der Waals surface area contributed by atoms with Crippen molar-refractivity contribution in [3.63, 3.8) is 0 Å². The van der Waals surface area contributed by atoms with Crippen LogP contribution in [-0.2, 0) is 11.3 Å². The zero-order valence-corrected chi connectivity index (χ0v) is 12.9. The molecule has 1 unspecified atom stereocenters. The van der Waals surface area contributed by atoms with Crippen molar-refractivity contribution in [3.05, 3.63) is 35.2 Å². The van der Waals surface area contributed by atoms with Gasteiger partial charge >= 0.3 is 6.18 Å². The van der Waals surface area contributed by atoms with Gasteiger partial charge in [-0.05, 0) is 18.6 Å². The van der Waals surface area contributed by atoms with Gasteiger partial charge in [0, 0.05) is 18.8 Å². The Kier molecular flexibility index (Phi) is 4.12. The molecule has 2 aromatic heterocycles. The van der Waals surface area contributed by atoms with E-state index in [0.717, 1.165) is 6.20 Å². The minimum Gasteiger partial charge on any atom is -0.333 e. The first-order valence-corrected chi connectivity index (χ1v) is 7.43. The first-order chi connectivity index (χ1) is 11.2. The summed E-state index contributed by atoms with van der Waals surface area (Å²) in [6.45, 7) is -1.30. The molecule has 1 aliphatic heterocycles. The van der Waals surface area contributed by atoms with E-state index >= 15 is 0 Å². The Labute approximate surface area is 139 Å². The lowest BCUT2D eigenvalue weighted by atomic mass is 10.0. The van der Waals surface area contributed by atoms with E-state index in [-0.39, 0.29) is 23.0 Å². The Bertz CT molecular complexity index is 796. The van der Waals surface area contributed by atoms with Crippen molar-refractivity contribution in [3.8, 4) is 0 Å². The maximum atomic E-state index is 12.4. The highest BCUT2D eigenvalue weighted by atomic mass is 35.5. The number of amides is 1. The molecule has 0 aliphatic carbocycles. The van der Waals surface area contributed by atoms with Gasteiger partial charge in [0.05, 0.1) is 5.69 Å². The van der Waals surface area contributed by atoms with Crippen LogP contribution in [0, 0.1) is 0 Å². The van der Waals surface area contributed by atoms with E-state index in [4.69, 9.17) is 11.6 Å². The summed E-state index contributed by atoms with van der Waals surface area (Å²) in [5, 5.41) is 5.98. The largest absolute Gasteiger partial charge is 0.408 e. The molecule has 0 aromatic carbocycles. The Morgan fingerprint density at radius 1 is 1.46 bits per heavy atom. The fourth-order valence-corrected chi connectivity index (χ4v) is 2.84. The third-order valence-electron chi connectivity index (χ3n) is 3.65. The number of ketones is 1. The zero-order valence-electron chi connectivity index (χ0n) is 12.2. The van der Waals surface area contributed by atoms with Gasteiger partial charge in [0.15, 0.2) is 11.6 Å². The molecule has 1 aliphatic rings. The van der Waals surface area contributed by atoms with Crippen LogP contribution < -0.4 is 5.32 Å². The first-order valence-electron chi connectivity index (χ1n) is 7.05. The number of carbonyl (C=O) groups is 2. The molecule has 0 fully saturated rings. The average molecular weight is 361 g/mol. The van der Waals surface area contributed by atoms with Crippen LogP contribution in [0.1, 0.15) is 29.4 Å². The molecule has 1 N–H and O–H groups in total. The van der Waals surface area contributed by atoms with E-state index in [2.05, 4.69) is 10.4 Å². The SMILES string of the molecule is O=C1CCC(C(=O)Nc2nn(CC(F)(F)F)cc2Cl)n2cccc21. The van der Waals surface area contributed by atoms with Crippen molar-refractivity contribution in [2.75, 3.05) is 5.32 Å². The fourth-order valence-electron chi connectivity index (χ4n) is 2.64. The fraction of sp³-hybridized carbons (Fsp3) is 0.357. The minimum absolute atomic E-state index is 0.0588. The lowest BCUT2D eigenvalue weighted by Gasteiger charge is -2.24. The molecule has 10 heteroatoms. The Hall–Kier alpha value is -2.29. The van der Waals surface area contributed by atoms with Crippen LogP contribution in [0.15, 0.2) is 24.5 Å². The molecule has 3 heterocycles. The van der Waals surface area contributed by atoms with Gasteiger partial charge in [-0.1, -0.05) is 11.6 Å². The Balaban J connectivity index is 1.77. The highest BCUT2D eigenvalue weighted by Gasteiger charge is 2.31. The van der Waals surface area contributed by atoms with Crippen LogP contribution in [0.4, 0.5) is 19.0 Å². The summed E-state index contributed by atoms with van der Waals surface area (Å²) in [6, 6.07) is 2.63. The van der Waals surface area contributed by atoms with Gasteiger partial charge in [-0.3, -0.25) is 14.3 Å². The number of fused-ring (bicyclic) bond motifs is 1. The molecule has 0 bridgehead atoms. The minimum atomic E-state index is -4.44. The number of nitrogens with zero attached hydrogens (tertiary/aromatic N) is 3. The quantitative estimate of drug-likeness (QED) is 0.914. The number of hydrogen-bond donors (Lipinski definition) is 1. The summed E-state index contributed by atoms with van der Waals surface area (Å²) < 4.78 is 39.3. The molecule has 6 nitrogen and oxygen atoms in total. The molecule has 3 rings (SSSR count). The highest BCUT2D eigenvalue weighted by molar-refractivity contribution is 6.33. The van der Waals surface area contributed by atoms with E-state index in [9.17, 15) is 22.8 Å². The Morgan fingerprint density at radius 3 is 2.92 bits per heavy atom. The maximum absolute atomic E-state index is 12.4. The molecular formula is C14H12ClF3N4O2. The van der Waals surface area contributed by atoms with Crippen molar-refractivity contribution in [2.45, 2.75) is 31.6 Å². The molecule has 1 atom stereocenters. The first kappa shape index (κ1) is 16.6. The van der Waals surface area contributed by atoms with Gasteiger partial charge in [-0.2, -0.15) is 18.3 Å². The van der Waals surface area contributed by atoms with Crippen molar-refractivity contribution in [1.82, 2.24) is 14.3 Å². The monoisotopic (exact) mass is 360 g/mol. The summed E-state index contributed by atoms with van der Waals surface area (Å²) in [7, 11) is 0. The number of rotatable bonds is 3. The third-order valence-corrected chi connectivity index (χ3v) is 3.92. The second-order valence-electron chi connectivity index (χ2n) is 5.41. The van der Waals surface area contributed by atoms with Crippen LogP contribution in [-0.4, -0.2) is 32.2 Å². The van der Waals surface area contributed by atoms with Crippen LogP contribution in [0.25, 0.3) is 0 Å². The molecule has 0 spiro atoms. The van der Waals surface area contributed by atoms with Gasteiger partial charge in [0.1, 0.15) is 17.6 Å². The zero-order chi connectivity index (χ0) is 17.5. The summed E-state index contributed by atoms with van der Waals surface area (Å²) >= 11 is 5.83. The molecule has 0 saturated carbocycles. The molecule has 128 valence electrons. The van der Waals surface area contributed by atoms with E-state index in [1.54, 1.807) is 22.9 Å². The molecular weight excluding hydrogens is 349 g/mol. The number of alkyl halides is 3. The van der Waals surface area contributed by atoms with E-state index in [0.29, 0.717) is 16.8 Å². The number of hydrogen-bond acceptors (Lipinski definition) is 3. The molecule has 24 heavy (non-hydrogen) atoms. The van der Waals surface area contributed by atoms with E-state index in [1.807, 2.05) is 0 Å². The number of carbonyl (C=O) groups excluding carboxylic acids is 2. The third kappa shape index (κ3) is 3.30. The lowest BCUT2D eigenvalue weighted by Crippen LogP contribution is -2.31. The van der Waals surface area contributed by atoms with Crippen molar-refractivity contribution in [1.29, 1.82) is 0 Å². The molecule has 0 saturated heterocycles. The maximum Gasteiger partial charge on any atom is 0.408 e. The summed E-state index contributed by atoms with van der Waals surface area (Å²) in [4.78, 5) is 24.2. The summed E-state index contributed by atoms with van der Waals surface area (Å²) in [5.41, 5.74) is 0.426. The van der Waals surface area contributed by atoms with Gasteiger partial charge < -0.3 is 9.88 Å². The number of anilines is 1. The molecule has 1 amide bonds. The summed E-state index contributed by atoms with van der Waals surface area (Å²) in [6.07, 6.45) is -1.32. The standard InChI is InChI=1S/C14H12ClF3N4O2/c15-8-6-21(7-14(16,17)18)20-12(8)19-13(24)10-3-4-11(23)9-2-1-5-22(9)10/h1-2,5-6,10H,3-4,7H2,(H,19,20,24). The number of nitrogens with one attached hydrogen (secondary N) is 1. The smallest absolute Gasteiger partial charge is 0.333 e. The number of halogens is 4. The lowest BCUT2D eigenvalue weighted by molar-refractivity contribution is -0.142. The molecule has 2 aromatic rings. The normalized spacial score (nSPS) is 17.7. The predicted octanol–water partition coefficient (Wildman–Crippen LogP) is 3.06. The van der Waals surface area contributed by atoms with E-state index < -0.39 is 24.7 Å². The van der Waals surface area contributed by atoms with Gasteiger partial charge in [0.2, 0.25) is 5.91 Å². The van der Waals surface area contributed by atoms with E-state index in [1.165, 1.54) is 0 Å². The topological polar surface area (TPSA) is 68.9 Å². The predicted molar refractivity (Wildman–Crippen MR) is 79.0 cm³/mol. The van der Waals surface area contributed by atoms with Gasteiger partial charge in [0.25, 0.3) is 0 Å². The van der Waals surface area contributed by atoms with Crippen LogP contribution >= 0.6 is 11.6 Å². The second-order valence-corrected chi connectivity index (χ2v) is 5.81. The van der Waals surface area contributed by atoms with Crippen molar-refractivity contribution >= 4 is 29.1 Å². The highest BCUT2D eigenvalue weighted by Crippen LogP contribution is 2.28. The van der Waals surface area contributed by atoms with Gasteiger partial charge in [-0.15, -0.1) is 0 Å². The van der Waals surface area contributed by atoms with Crippen molar-refractivity contribution < 1.29 is 22.8 Å². The van der Waals surface area contributed by atoms with Crippen molar-refractivity contribution in [2.24, 2.45) is 0 Å². The average Bonchev–Trinajstić information content (AvgIpc) is 3.06. The number of aromatic nitrogens is 3.